The molecule has 0 amide bonds. The Hall–Kier alpha value is -1.77. The van der Waals surface area contributed by atoms with Gasteiger partial charge in [-0.2, -0.15) is 18.4 Å². The first-order valence-corrected chi connectivity index (χ1v) is 5.27. The number of benzene rings is 1. The van der Waals surface area contributed by atoms with E-state index in [1.807, 2.05) is 0 Å². The van der Waals surface area contributed by atoms with Crippen molar-refractivity contribution in [3.8, 4) is 6.07 Å². The smallest absolute Gasteiger partial charge is 0.360 e. The van der Waals surface area contributed by atoms with Crippen LogP contribution in [0.25, 0.3) is 0 Å². The molecule has 0 unspecified atom stereocenters. The molecule has 1 aromatic rings. The molecule has 2 nitrogen and oxygen atoms in total. The maximum absolute atomic E-state index is 13.2. The monoisotopic (exact) mass is 260 g/mol. The minimum Gasteiger partial charge on any atom is -0.360 e. The van der Waals surface area contributed by atoms with Crippen LogP contribution in [0.5, 0.6) is 0 Å². The molecular weight excluding hydrogens is 248 g/mol. The van der Waals surface area contributed by atoms with Gasteiger partial charge in [-0.1, -0.05) is 0 Å². The standard InChI is InChI=1S/C12H12F4N2/c1-8(2)18(7-12(14,15)16)11-4-9(6-17)3-10(13)5-11/h3-5,8H,7H2,1-2H3. The molecular formula is C12H12F4N2. The molecule has 0 saturated carbocycles. The zero-order valence-electron chi connectivity index (χ0n) is 9.92. The zero-order valence-corrected chi connectivity index (χ0v) is 9.92. The Balaban J connectivity index is 3.14. The summed E-state index contributed by atoms with van der Waals surface area (Å²) in [5, 5.41) is 8.68. The Bertz CT molecular complexity index is 460. The van der Waals surface area contributed by atoms with Gasteiger partial charge < -0.3 is 4.90 Å². The fourth-order valence-electron chi connectivity index (χ4n) is 1.57. The first kappa shape index (κ1) is 14.3. The van der Waals surface area contributed by atoms with Crippen LogP contribution >= 0.6 is 0 Å². The summed E-state index contributed by atoms with van der Waals surface area (Å²) in [5.41, 5.74) is 0.0525. The normalized spacial score (nSPS) is 11.4. The molecule has 1 rings (SSSR count). The Labute approximate surface area is 102 Å². The molecule has 0 spiro atoms. The molecule has 0 bridgehead atoms. The third-order valence-corrected chi connectivity index (χ3v) is 2.32. The van der Waals surface area contributed by atoms with Gasteiger partial charge in [0.05, 0.1) is 11.6 Å². The summed E-state index contributed by atoms with van der Waals surface area (Å²) < 4.78 is 50.5. The molecule has 0 aliphatic carbocycles. The number of hydrogen-bond donors (Lipinski definition) is 0. The van der Waals surface area contributed by atoms with Crippen LogP contribution in [-0.4, -0.2) is 18.8 Å². The summed E-state index contributed by atoms with van der Waals surface area (Å²) in [7, 11) is 0. The molecule has 0 N–H and O–H groups in total. The quantitative estimate of drug-likeness (QED) is 0.778. The summed E-state index contributed by atoms with van der Waals surface area (Å²) in [6, 6.07) is 4.48. The highest BCUT2D eigenvalue weighted by Crippen LogP contribution is 2.25. The molecule has 0 heterocycles. The van der Waals surface area contributed by atoms with E-state index < -0.39 is 24.6 Å². The van der Waals surface area contributed by atoms with Crippen LogP contribution < -0.4 is 4.90 Å². The van der Waals surface area contributed by atoms with Crippen molar-refractivity contribution < 1.29 is 17.6 Å². The van der Waals surface area contributed by atoms with E-state index in [0.717, 1.165) is 17.0 Å². The SMILES string of the molecule is CC(C)N(CC(F)(F)F)c1cc(F)cc(C#N)c1. The van der Waals surface area contributed by atoms with Gasteiger partial charge in [-0.15, -0.1) is 0 Å². The van der Waals surface area contributed by atoms with Crippen LogP contribution in [0.3, 0.4) is 0 Å². The maximum Gasteiger partial charge on any atom is 0.405 e. The Morgan fingerprint density at radius 3 is 2.33 bits per heavy atom. The number of rotatable bonds is 3. The van der Waals surface area contributed by atoms with Gasteiger partial charge in [0, 0.05) is 11.7 Å². The van der Waals surface area contributed by atoms with Gasteiger partial charge in [0.2, 0.25) is 0 Å². The van der Waals surface area contributed by atoms with Crippen LogP contribution in [0.2, 0.25) is 0 Å². The Kier molecular flexibility index (Phi) is 4.17. The largest absolute Gasteiger partial charge is 0.405 e. The number of nitriles is 1. The fraction of sp³-hybridized carbons (Fsp3) is 0.417. The number of halogens is 4. The number of alkyl halides is 3. The maximum atomic E-state index is 13.2. The Morgan fingerprint density at radius 2 is 1.89 bits per heavy atom. The summed E-state index contributed by atoms with van der Waals surface area (Å²) in [6.07, 6.45) is -4.39. The first-order valence-electron chi connectivity index (χ1n) is 5.27. The van der Waals surface area contributed by atoms with Crippen molar-refractivity contribution in [2.24, 2.45) is 0 Å². The van der Waals surface area contributed by atoms with Crippen molar-refractivity contribution in [3.05, 3.63) is 29.6 Å². The van der Waals surface area contributed by atoms with Gasteiger partial charge in [0.25, 0.3) is 0 Å². The van der Waals surface area contributed by atoms with Crippen molar-refractivity contribution in [2.75, 3.05) is 11.4 Å². The van der Waals surface area contributed by atoms with Gasteiger partial charge in [-0.3, -0.25) is 0 Å². The van der Waals surface area contributed by atoms with Crippen molar-refractivity contribution in [2.45, 2.75) is 26.1 Å². The highest BCUT2D eigenvalue weighted by Gasteiger charge is 2.32. The van der Waals surface area contributed by atoms with Crippen LogP contribution in [0.1, 0.15) is 19.4 Å². The van der Waals surface area contributed by atoms with Crippen molar-refractivity contribution in [1.82, 2.24) is 0 Å². The molecule has 0 fully saturated rings. The molecule has 0 aliphatic rings. The van der Waals surface area contributed by atoms with E-state index in [0.29, 0.717) is 0 Å². The second-order valence-electron chi connectivity index (χ2n) is 4.15. The molecule has 0 aliphatic heterocycles. The predicted molar refractivity (Wildman–Crippen MR) is 59.7 cm³/mol. The fourth-order valence-corrected chi connectivity index (χ4v) is 1.57. The second-order valence-corrected chi connectivity index (χ2v) is 4.15. The van der Waals surface area contributed by atoms with E-state index in [2.05, 4.69) is 0 Å². The lowest BCUT2D eigenvalue weighted by Gasteiger charge is -2.30. The summed E-state index contributed by atoms with van der Waals surface area (Å²) >= 11 is 0. The highest BCUT2D eigenvalue weighted by molar-refractivity contribution is 5.52. The van der Waals surface area contributed by atoms with Gasteiger partial charge in [-0.05, 0) is 32.0 Å². The summed E-state index contributed by atoms with van der Waals surface area (Å²) in [5.74, 6) is -0.725. The van der Waals surface area contributed by atoms with Crippen molar-refractivity contribution >= 4 is 5.69 Å². The van der Waals surface area contributed by atoms with Gasteiger partial charge in [0.15, 0.2) is 0 Å². The van der Waals surface area contributed by atoms with Crippen LogP contribution in [-0.2, 0) is 0 Å². The van der Waals surface area contributed by atoms with E-state index in [1.54, 1.807) is 19.9 Å². The molecule has 18 heavy (non-hydrogen) atoms. The molecule has 6 heteroatoms. The lowest BCUT2D eigenvalue weighted by Crippen LogP contribution is -2.39. The van der Waals surface area contributed by atoms with E-state index in [-0.39, 0.29) is 11.3 Å². The molecule has 98 valence electrons. The average molecular weight is 260 g/mol. The lowest BCUT2D eigenvalue weighted by atomic mass is 10.1. The zero-order chi connectivity index (χ0) is 13.9. The van der Waals surface area contributed by atoms with E-state index >= 15 is 0 Å². The lowest BCUT2D eigenvalue weighted by molar-refractivity contribution is -0.120. The molecule has 0 aromatic heterocycles. The summed E-state index contributed by atoms with van der Waals surface area (Å²) in [6.45, 7) is 1.96. The van der Waals surface area contributed by atoms with Crippen LogP contribution in [0, 0.1) is 17.1 Å². The third-order valence-electron chi connectivity index (χ3n) is 2.32. The number of anilines is 1. The van der Waals surface area contributed by atoms with Gasteiger partial charge >= 0.3 is 6.18 Å². The van der Waals surface area contributed by atoms with Gasteiger partial charge in [-0.25, -0.2) is 4.39 Å². The summed E-state index contributed by atoms with van der Waals surface area (Å²) in [4.78, 5) is 1.00. The van der Waals surface area contributed by atoms with E-state index in [4.69, 9.17) is 5.26 Å². The minimum atomic E-state index is -4.39. The van der Waals surface area contributed by atoms with Crippen LogP contribution in [0.4, 0.5) is 23.2 Å². The highest BCUT2D eigenvalue weighted by atomic mass is 19.4. The predicted octanol–water partition coefficient (Wildman–Crippen LogP) is 3.47. The Morgan fingerprint density at radius 1 is 1.28 bits per heavy atom. The van der Waals surface area contributed by atoms with E-state index in [9.17, 15) is 17.6 Å². The molecule has 0 saturated heterocycles. The van der Waals surface area contributed by atoms with Crippen molar-refractivity contribution in [3.63, 3.8) is 0 Å². The average Bonchev–Trinajstić information content (AvgIpc) is 2.23. The van der Waals surface area contributed by atoms with E-state index in [1.165, 1.54) is 6.07 Å². The number of hydrogen-bond acceptors (Lipinski definition) is 2. The molecule has 0 atom stereocenters. The first-order chi connectivity index (χ1) is 8.23. The third kappa shape index (κ3) is 3.91. The van der Waals surface area contributed by atoms with Crippen molar-refractivity contribution in [1.29, 1.82) is 5.26 Å². The van der Waals surface area contributed by atoms with Crippen LogP contribution in [0.15, 0.2) is 18.2 Å². The topological polar surface area (TPSA) is 27.0 Å². The second kappa shape index (κ2) is 5.25. The molecule has 0 radical (unpaired) electrons. The molecule has 1 aromatic carbocycles. The van der Waals surface area contributed by atoms with Gasteiger partial charge in [0.1, 0.15) is 12.4 Å². The number of nitrogens with zero attached hydrogens (tertiary/aromatic N) is 2. The minimum absolute atomic E-state index is 0.00201.